The third-order valence-electron chi connectivity index (χ3n) is 5.62. The number of pyridine rings is 1. The number of methoxy groups -OCH3 is 1. The Morgan fingerprint density at radius 1 is 1.17 bits per heavy atom. The molecule has 0 bridgehead atoms. The molecule has 8 heteroatoms. The van der Waals surface area contributed by atoms with Gasteiger partial charge >= 0.3 is 0 Å². The van der Waals surface area contributed by atoms with E-state index in [0.29, 0.717) is 64.0 Å². The molecule has 0 fully saturated rings. The molecule has 0 unspecified atom stereocenters. The van der Waals surface area contributed by atoms with Crippen molar-refractivity contribution in [2.24, 2.45) is 0 Å². The van der Waals surface area contributed by atoms with Crippen LogP contribution in [0.5, 0.6) is 11.5 Å². The zero-order valence-electron chi connectivity index (χ0n) is 20.3. The Kier molecular flexibility index (Phi) is 8.69. The van der Waals surface area contributed by atoms with Gasteiger partial charge in [-0.3, -0.25) is 9.78 Å². The Hall–Kier alpha value is -3.60. The molecule has 1 aromatic heterocycles. The summed E-state index contributed by atoms with van der Waals surface area (Å²) in [5.41, 5.74) is 3.93. The fourth-order valence-corrected chi connectivity index (χ4v) is 4.08. The van der Waals surface area contributed by atoms with Gasteiger partial charge in [-0.25, -0.2) is 0 Å². The number of aryl methyl sites for hydroxylation is 2. The number of aliphatic hydroxyl groups is 1. The van der Waals surface area contributed by atoms with Gasteiger partial charge in [0.2, 0.25) is 0 Å². The van der Waals surface area contributed by atoms with Crippen LogP contribution in [0.4, 0.5) is 5.69 Å². The number of carbonyl (C=O) groups excluding carboxylic acids is 1. The molecule has 182 valence electrons. The Labute approximate surface area is 210 Å². The highest BCUT2D eigenvalue weighted by Gasteiger charge is 2.25. The monoisotopic (exact) mass is 493 g/mol. The van der Waals surface area contributed by atoms with Crippen LogP contribution in [0.25, 0.3) is 11.1 Å². The number of carbonyl (C=O) groups is 1. The number of hydrogen-bond donors (Lipinski definition) is 1. The van der Waals surface area contributed by atoms with Gasteiger partial charge in [0.1, 0.15) is 11.5 Å². The van der Waals surface area contributed by atoms with Gasteiger partial charge in [0, 0.05) is 42.7 Å². The summed E-state index contributed by atoms with van der Waals surface area (Å²) in [5.74, 6) is 0.556. The van der Waals surface area contributed by atoms with Crippen molar-refractivity contribution in [1.82, 2.24) is 4.98 Å². The summed E-state index contributed by atoms with van der Waals surface area (Å²) in [7, 11) is 3.23. The predicted octanol–water partition coefficient (Wildman–Crippen LogP) is 5.33. The lowest BCUT2D eigenvalue weighted by atomic mass is 9.98. The molecule has 3 aromatic rings. The van der Waals surface area contributed by atoms with Crippen molar-refractivity contribution in [1.29, 1.82) is 5.26 Å². The van der Waals surface area contributed by atoms with Crippen molar-refractivity contribution in [3.05, 3.63) is 70.0 Å². The molecule has 0 radical (unpaired) electrons. The minimum absolute atomic E-state index is 0.0576. The zero-order valence-corrected chi connectivity index (χ0v) is 21.0. The van der Waals surface area contributed by atoms with E-state index in [1.165, 1.54) is 4.90 Å². The number of nitrogens with zero attached hydrogens (tertiary/aromatic N) is 3. The molecule has 35 heavy (non-hydrogen) atoms. The molecule has 0 aliphatic rings. The lowest BCUT2D eigenvalue weighted by molar-refractivity contribution is 0.0988. The standard InChI is InChI=1S/C27H28ClN3O4/c1-17-8-7-9-24(34-4)26(17)31(3)27(33)21-13-20(22-16-30-18(2)12-19(22)15-29)23(28)14-25(21)35-11-6-5-10-32/h7-9,12-14,16,32H,5-6,10-11H2,1-4H3. The summed E-state index contributed by atoms with van der Waals surface area (Å²) >= 11 is 6.62. The maximum Gasteiger partial charge on any atom is 0.261 e. The summed E-state index contributed by atoms with van der Waals surface area (Å²) < 4.78 is 11.4. The number of halogens is 1. The molecule has 3 rings (SSSR count). The molecule has 1 amide bonds. The zero-order chi connectivity index (χ0) is 25.5. The minimum atomic E-state index is -0.328. The van der Waals surface area contributed by atoms with Crippen molar-refractivity contribution >= 4 is 23.2 Å². The predicted molar refractivity (Wildman–Crippen MR) is 136 cm³/mol. The number of benzene rings is 2. The molecule has 1 heterocycles. The Morgan fingerprint density at radius 2 is 1.94 bits per heavy atom. The average Bonchev–Trinajstić information content (AvgIpc) is 2.85. The molecule has 1 N–H and O–H groups in total. The number of unbranched alkanes of at least 4 members (excludes halogenated alkanes) is 1. The molecule has 2 aromatic carbocycles. The first-order valence-electron chi connectivity index (χ1n) is 11.2. The first-order chi connectivity index (χ1) is 16.8. The average molecular weight is 494 g/mol. The van der Waals surface area contributed by atoms with Gasteiger partial charge in [-0.05, 0) is 50.5 Å². The van der Waals surface area contributed by atoms with Crippen molar-refractivity contribution < 1.29 is 19.4 Å². The topological polar surface area (TPSA) is 95.7 Å². The van der Waals surface area contributed by atoms with E-state index in [-0.39, 0.29) is 18.1 Å². The Bertz CT molecular complexity index is 1270. The molecule has 0 aliphatic carbocycles. The van der Waals surface area contributed by atoms with E-state index < -0.39 is 0 Å². The van der Waals surface area contributed by atoms with Crippen molar-refractivity contribution in [3.63, 3.8) is 0 Å². The maximum absolute atomic E-state index is 13.8. The van der Waals surface area contributed by atoms with E-state index in [1.807, 2.05) is 19.1 Å². The third kappa shape index (κ3) is 5.73. The molecular formula is C27H28ClN3O4. The van der Waals surface area contributed by atoms with E-state index in [9.17, 15) is 10.1 Å². The minimum Gasteiger partial charge on any atom is -0.495 e. The van der Waals surface area contributed by atoms with E-state index in [0.717, 1.165) is 5.56 Å². The summed E-state index contributed by atoms with van der Waals surface area (Å²) in [6, 6.07) is 12.6. The number of para-hydroxylation sites is 1. The molecule has 0 spiro atoms. The molecule has 7 nitrogen and oxygen atoms in total. The maximum atomic E-state index is 13.8. The van der Waals surface area contributed by atoms with Crippen LogP contribution in [-0.4, -0.2) is 43.4 Å². The van der Waals surface area contributed by atoms with Gasteiger partial charge in [0.25, 0.3) is 5.91 Å². The van der Waals surface area contributed by atoms with Crippen LogP contribution in [-0.2, 0) is 0 Å². The number of rotatable bonds is 9. The summed E-state index contributed by atoms with van der Waals surface area (Å²) in [6.07, 6.45) is 2.78. The van der Waals surface area contributed by atoms with Crippen molar-refractivity contribution in [3.8, 4) is 28.7 Å². The largest absolute Gasteiger partial charge is 0.495 e. The molecule has 0 aliphatic heterocycles. The van der Waals surface area contributed by atoms with Crippen molar-refractivity contribution in [2.45, 2.75) is 26.7 Å². The van der Waals surface area contributed by atoms with E-state index in [2.05, 4.69) is 11.1 Å². The first-order valence-corrected chi connectivity index (χ1v) is 11.6. The summed E-state index contributed by atoms with van der Waals surface area (Å²) in [5, 5.41) is 19.1. The highest BCUT2D eigenvalue weighted by molar-refractivity contribution is 6.34. The number of nitriles is 1. The third-order valence-corrected chi connectivity index (χ3v) is 5.93. The lowest BCUT2D eigenvalue weighted by Crippen LogP contribution is -2.28. The van der Waals surface area contributed by atoms with Crippen LogP contribution in [0.2, 0.25) is 5.02 Å². The fourth-order valence-electron chi connectivity index (χ4n) is 3.82. The van der Waals surface area contributed by atoms with Gasteiger partial charge in [-0.15, -0.1) is 0 Å². The number of amides is 1. The van der Waals surface area contributed by atoms with Crippen LogP contribution >= 0.6 is 11.6 Å². The highest BCUT2D eigenvalue weighted by atomic mass is 35.5. The van der Waals surface area contributed by atoms with Crippen LogP contribution in [0.3, 0.4) is 0 Å². The van der Waals surface area contributed by atoms with Crippen LogP contribution in [0.15, 0.2) is 42.6 Å². The second-order valence-electron chi connectivity index (χ2n) is 8.08. The van der Waals surface area contributed by atoms with Gasteiger partial charge in [0.05, 0.1) is 41.6 Å². The molecule has 0 atom stereocenters. The second kappa shape index (κ2) is 11.7. The lowest BCUT2D eigenvalue weighted by Gasteiger charge is -2.24. The van der Waals surface area contributed by atoms with Crippen LogP contribution < -0.4 is 14.4 Å². The van der Waals surface area contributed by atoms with Gasteiger partial charge in [-0.2, -0.15) is 5.26 Å². The number of aliphatic hydroxyl groups excluding tert-OH is 1. The number of ether oxygens (including phenoxy) is 2. The van der Waals surface area contributed by atoms with Crippen LogP contribution in [0.1, 0.15) is 40.0 Å². The first kappa shape index (κ1) is 26.0. The number of aromatic nitrogens is 1. The summed E-state index contributed by atoms with van der Waals surface area (Å²) in [6.45, 7) is 4.07. The quantitative estimate of drug-likeness (QED) is 0.405. The highest BCUT2D eigenvalue weighted by Crippen LogP contribution is 2.38. The Morgan fingerprint density at radius 3 is 2.63 bits per heavy atom. The van der Waals surface area contributed by atoms with Gasteiger partial charge in [-0.1, -0.05) is 23.7 Å². The SMILES string of the molecule is COc1cccc(C)c1N(C)C(=O)c1cc(-c2cnc(C)cc2C#N)c(Cl)cc1OCCCCO. The number of hydrogen-bond acceptors (Lipinski definition) is 6. The molecular weight excluding hydrogens is 466 g/mol. The van der Waals surface area contributed by atoms with Crippen molar-refractivity contribution in [2.75, 3.05) is 32.3 Å². The number of anilines is 1. The van der Waals surface area contributed by atoms with E-state index in [4.69, 9.17) is 26.2 Å². The van der Waals surface area contributed by atoms with E-state index >= 15 is 0 Å². The second-order valence-corrected chi connectivity index (χ2v) is 8.49. The van der Waals surface area contributed by atoms with Crippen LogP contribution in [0, 0.1) is 25.2 Å². The summed E-state index contributed by atoms with van der Waals surface area (Å²) in [4.78, 5) is 19.6. The van der Waals surface area contributed by atoms with E-state index in [1.54, 1.807) is 51.5 Å². The van der Waals surface area contributed by atoms with Gasteiger partial charge < -0.3 is 19.5 Å². The smallest absolute Gasteiger partial charge is 0.261 e. The van der Waals surface area contributed by atoms with Gasteiger partial charge in [0.15, 0.2) is 0 Å². The Balaban J connectivity index is 2.14. The molecule has 0 saturated carbocycles. The normalized spacial score (nSPS) is 10.5. The molecule has 0 saturated heterocycles. The fraction of sp³-hybridized carbons (Fsp3) is 0.296.